The van der Waals surface area contributed by atoms with Gasteiger partial charge in [-0.25, -0.2) is 0 Å². The molecule has 4 nitrogen and oxygen atoms in total. The minimum Gasteiger partial charge on any atom is -0.496 e. The van der Waals surface area contributed by atoms with Gasteiger partial charge in [-0.3, -0.25) is 0 Å². The first-order chi connectivity index (χ1) is 8.33. The SMILES string of the molecule is COc1ccccc1CC1OCC(CC#N)O1. The molecule has 0 saturated carbocycles. The van der Waals surface area contributed by atoms with Gasteiger partial charge in [0.25, 0.3) is 0 Å². The van der Waals surface area contributed by atoms with E-state index in [0.717, 1.165) is 11.3 Å². The van der Waals surface area contributed by atoms with Crippen LogP contribution in [-0.4, -0.2) is 26.1 Å². The topological polar surface area (TPSA) is 51.5 Å². The van der Waals surface area contributed by atoms with Gasteiger partial charge in [-0.1, -0.05) is 18.2 Å². The first-order valence-corrected chi connectivity index (χ1v) is 5.59. The van der Waals surface area contributed by atoms with Crippen LogP contribution in [0.1, 0.15) is 12.0 Å². The zero-order valence-corrected chi connectivity index (χ0v) is 9.76. The molecule has 0 amide bonds. The van der Waals surface area contributed by atoms with Crippen LogP contribution >= 0.6 is 0 Å². The molecule has 0 bridgehead atoms. The van der Waals surface area contributed by atoms with Crippen LogP contribution in [0.5, 0.6) is 5.75 Å². The zero-order chi connectivity index (χ0) is 12.1. The second kappa shape index (κ2) is 5.67. The predicted octanol–water partition coefficient (Wildman–Crippen LogP) is 1.89. The third-order valence-electron chi connectivity index (χ3n) is 2.71. The molecule has 1 aliphatic rings. The van der Waals surface area contributed by atoms with Gasteiger partial charge < -0.3 is 14.2 Å². The van der Waals surface area contributed by atoms with Crippen molar-refractivity contribution in [1.29, 1.82) is 5.26 Å². The minimum atomic E-state index is -0.273. The second-order valence-corrected chi connectivity index (χ2v) is 3.90. The lowest BCUT2D eigenvalue weighted by Gasteiger charge is -2.12. The van der Waals surface area contributed by atoms with Crippen molar-refractivity contribution in [3.05, 3.63) is 29.8 Å². The number of nitrogens with zero attached hydrogens (tertiary/aromatic N) is 1. The van der Waals surface area contributed by atoms with Gasteiger partial charge in [0, 0.05) is 6.42 Å². The van der Waals surface area contributed by atoms with Crippen LogP contribution in [0.15, 0.2) is 24.3 Å². The van der Waals surface area contributed by atoms with E-state index in [1.807, 2.05) is 24.3 Å². The highest BCUT2D eigenvalue weighted by atomic mass is 16.7. The number of hydrogen-bond donors (Lipinski definition) is 0. The lowest BCUT2D eigenvalue weighted by atomic mass is 10.1. The molecule has 90 valence electrons. The Balaban J connectivity index is 1.96. The molecular weight excluding hydrogens is 218 g/mol. The highest BCUT2D eigenvalue weighted by Gasteiger charge is 2.26. The molecule has 2 atom stereocenters. The summed E-state index contributed by atoms with van der Waals surface area (Å²) in [5, 5.41) is 8.58. The van der Waals surface area contributed by atoms with Gasteiger partial charge in [0.15, 0.2) is 6.29 Å². The highest BCUT2D eigenvalue weighted by molar-refractivity contribution is 5.33. The van der Waals surface area contributed by atoms with Crippen LogP contribution in [0.3, 0.4) is 0 Å². The van der Waals surface area contributed by atoms with E-state index in [1.165, 1.54) is 0 Å². The van der Waals surface area contributed by atoms with Crippen LogP contribution in [0.2, 0.25) is 0 Å². The summed E-state index contributed by atoms with van der Waals surface area (Å²) in [6.07, 6.45) is 0.651. The molecule has 0 aliphatic carbocycles. The van der Waals surface area contributed by atoms with Crippen molar-refractivity contribution >= 4 is 0 Å². The monoisotopic (exact) mass is 233 g/mol. The predicted molar refractivity (Wildman–Crippen MR) is 61.5 cm³/mol. The molecule has 1 fully saturated rings. The van der Waals surface area contributed by atoms with Crippen LogP contribution in [-0.2, 0) is 15.9 Å². The van der Waals surface area contributed by atoms with Crippen LogP contribution < -0.4 is 4.74 Å². The quantitative estimate of drug-likeness (QED) is 0.797. The fraction of sp³-hybridized carbons (Fsp3) is 0.462. The molecule has 1 aromatic carbocycles. The Bertz CT molecular complexity index is 413. The van der Waals surface area contributed by atoms with Gasteiger partial charge in [-0.15, -0.1) is 0 Å². The lowest BCUT2D eigenvalue weighted by molar-refractivity contribution is -0.0551. The minimum absolute atomic E-state index is 0.0975. The molecular formula is C13H15NO3. The Hall–Kier alpha value is -1.57. The number of benzene rings is 1. The Labute approximate surface area is 101 Å². The second-order valence-electron chi connectivity index (χ2n) is 3.90. The van der Waals surface area contributed by atoms with E-state index in [-0.39, 0.29) is 12.4 Å². The van der Waals surface area contributed by atoms with E-state index >= 15 is 0 Å². The molecule has 1 aromatic rings. The van der Waals surface area contributed by atoms with E-state index in [9.17, 15) is 0 Å². The van der Waals surface area contributed by atoms with Gasteiger partial charge in [-0.2, -0.15) is 5.26 Å². The summed E-state index contributed by atoms with van der Waals surface area (Å²) in [5.74, 6) is 0.837. The molecule has 0 spiro atoms. The average molecular weight is 233 g/mol. The summed E-state index contributed by atoms with van der Waals surface area (Å²) in [5.41, 5.74) is 1.05. The summed E-state index contributed by atoms with van der Waals surface area (Å²) in [6.45, 7) is 0.493. The van der Waals surface area contributed by atoms with Gasteiger partial charge in [0.1, 0.15) is 5.75 Å². The Morgan fingerprint density at radius 3 is 3.06 bits per heavy atom. The largest absolute Gasteiger partial charge is 0.496 e. The van der Waals surface area contributed by atoms with Gasteiger partial charge in [0.2, 0.25) is 0 Å². The first kappa shape index (κ1) is 11.9. The van der Waals surface area contributed by atoms with Crippen molar-refractivity contribution < 1.29 is 14.2 Å². The maximum Gasteiger partial charge on any atom is 0.162 e. The average Bonchev–Trinajstić information content (AvgIpc) is 2.78. The highest BCUT2D eigenvalue weighted by Crippen LogP contribution is 2.23. The van der Waals surface area contributed by atoms with Gasteiger partial charge >= 0.3 is 0 Å². The van der Waals surface area contributed by atoms with E-state index in [4.69, 9.17) is 19.5 Å². The molecule has 0 aromatic heterocycles. The Kier molecular flexibility index (Phi) is 3.97. The number of rotatable bonds is 4. The molecule has 4 heteroatoms. The number of ether oxygens (including phenoxy) is 3. The zero-order valence-electron chi connectivity index (χ0n) is 9.76. The smallest absolute Gasteiger partial charge is 0.162 e. The number of methoxy groups -OCH3 is 1. The molecule has 17 heavy (non-hydrogen) atoms. The van der Waals surface area contributed by atoms with E-state index in [1.54, 1.807) is 7.11 Å². The van der Waals surface area contributed by atoms with Crippen molar-refractivity contribution in [2.75, 3.05) is 13.7 Å². The summed E-state index contributed by atoms with van der Waals surface area (Å²) < 4.78 is 16.4. The fourth-order valence-corrected chi connectivity index (χ4v) is 1.87. The van der Waals surface area contributed by atoms with Crippen molar-refractivity contribution in [2.24, 2.45) is 0 Å². The van der Waals surface area contributed by atoms with Crippen LogP contribution in [0, 0.1) is 11.3 Å². The fourth-order valence-electron chi connectivity index (χ4n) is 1.87. The van der Waals surface area contributed by atoms with Crippen molar-refractivity contribution in [3.63, 3.8) is 0 Å². The number of nitriles is 1. The maximum absolute atomic E-state index is 8.58. The standard InChI is InChI=1S/C13H15NO3/c1-15-12-5-3-2-4-10(12)8-13-16-9-11(17-13)6-7-14/h2-5,11,13H,6,8-9H2,1H3. The molecule has 0 radical (unpaired) electrons. The number of hydrogen-bond acceptors (Lipinski definition) is 4. The molecule has 2 unspecified atom stereocenters. The van der Waals surface area contributed by atoms with E-state index < -0.39 is 0 Å². The Morgan fingerprint density at radius 2 is 2.29 bits per heavy atom. The van der Waals surface area contributed by atoms with E-state index in [2.05, 4.69) is 6.07 Å². The third-order valence-corrected chi connectivity index (χ3v) is 2.71. The summed E-state index contributed by atoms with van der Waals surface area (Å²) in [6, 6.07) is 9.88. The summed E-state index contributed by atoms with van der Waals surface area (Å²) >= 11 is 0. The molecule has 0 N–H and O–H groups in total. The molecule has 2 rings (SSSR count). The maximum atomic E-state index is 8.58. The normalized spacial score (nSPS) is 23.3. The van der Waals surface area contributed by atoms with Gasteiger partial charge in [0.05, 0.1) is 32.3 Å². The van der Waals surface area contributed by atoms with Crippen molar-refractivity contribution in [1.82, 2.24) is 0 Å². The number of para-hydroxylation sites is 1. The Morgan fingerprint density at radius 1 is 1.47 bits per heavy atom. The first-order valence-electron chi connectivity index (χ1n) is 5.59. The summed E-state index contributed by atoms with van der Waals surface area (Å²) in [7, 11) is 1.65. The third kappa shape index (κ3) is 2.96. The molecule has 1 heterocycles. The van der Waals surface area contributed by atoms with Gasteiger partial charge in [-0.05, 0) is 11.6 Å². The van der Waals surface area contributed by atoms with Crippen LogP contribution in [0.4, 0.5) is 0 Å². The van der Waals surface area contributed by atoms with Crippen molar-refractivity contribution in [2.45, 2.75) is 25.2 Å². The van der Waals surface area contributed by atoms with Crippen molar-refractivity contribution in [3.8, 4) is 11.8 Å². The lowest BCUT2D eigenvalue weighted by Crippen LogP contribution is -2.14. The molecule has 1 aliphatic heterocycles. The van der Waals surface area contributed by atoms with Crippen LogP contribution in [0.25, 0.3) is 0 Å². The molecule has 1 saturated heterocycles. The summed E-state index contributed by atoms with van der Waals surface area (Å²) in [4.78, 5) is 0. The van der Waals surface area contributed by atoms with E-state index in [0.29, 0.717) is 19.4 Å².